The summed E-state index contributed by atoms with van der Waals surface area (Å²) in [6.45, 7) is 4.06. The molecule has 19 heavy (non-hydrogen) atoms. The first kappa shape index (κ1) is 15.4. The third kappa shape index (κ3) is 4.52. The lowest BCUT2D eigenvalue weighted by molar-refractivity contribution is -0.140. The average Bonchev–Trinajstić information content (AvgIpc) is 2.35. The van der Waals surface area contributed by atoms with Crippen molar-refractivity contribution in [3.63, 3.8) is 0 Å². The number of carboxylic acids is 1. The summed E-state index contributed by atoms with van der Waals surface area (Å²) in [6, 6.07) is 4.14. The van der Waals surface area contributed by atoms with Gasteiger partial charge >= 0.3 is 5.97 Å². The number of halogens is 1. The average molecular weight is 269 g/mol. The summed E-state index contributed by atoms with van der Waals surface area (Å²) in [6.07, 6.45) is 0.501. The molecule has 0 aliphatic heterocycles. The lowest BCUT2D eigenvalue weighted by atomic mass is 10.0. The van der Waals surface area contributed by atoms with Crippen LogP contribution in [0.3, 0.4) is 0 Å². The van der Waals surface area contributed by atoms with Gasteiger partial charge in [0.1, 0.15) is 6.04 Å². The number of hydrogen-bond acceptors (Lipinski definition) is 3. The minimum atomic E-state index is -0.919. The third-order valence-corrected chi connectivity index (χ3v) is 2.81. The van der Waals surface area contributed by atoms with E-state index in [0.29, 0.717) is 12.0 Å². The number of hydrogen-bond donors (Lipinski definition) is 2. The molecular formula is C14H20FNO3. The Balaban J connectivity index is 2.71. The maximum Gasteiger partial charge on any atom is 0.320 e. The zero-order valence-corrected chi connectivity index (χ0v) is 11.4. The van der Waals surface area contributed by atoms with Crippen LogP contribution in [0, 0.1) is 11.7 Å². The predicted molar refractivity (Wildman–Crippen MR) is 70.7 cm³/mol. The monoisotopic (exact) mass is 269 g/mol. The van der Waals surface area contributed by atoms with E-state index in [4.69, 9.17) is 9.84 Å². The summed E-state index contributed by atoms with van der Waals surface area (Å²) in [5, 5.41) is 12.0. The second-order valence-electron chi connectivity index (χ2n) is 4.83. The number of rotatable bonds is 7. The van der Waals surface area contributed by atoms with Crippen molar-refractivity contribution in [2.24, 2.45) is 5.92 Å². The third-order valence-electron chi connectivity index (χ3n) is 2.81. The van der Waals surface area contributed by atoms with E-state index >= 15 is 0 Å². The van der Waals surface area contributed by atoms with E-state index in [1.165, 1.54) is 13.2 Å². The first-order valence-corrected chi connectivity index (χ1v) is 6.23. The zero-order chi connectivity index (χ0) is 14.4. The van der Waals surface area contributed by atoms with Crippen molar-refractivity contribution in [1.29, 1.82) is 0 Å². The van der Waals surface area contributed by atoms with Crippen LogP contribution in [0.25, 0.3) is 0 Å². The minimum Gasteiger partial charge on any atom is -0.494 e. The molecule has 1 atom stereocenters. The largest absolute Gasteiger partial charge is 0.494 e. The van der Waals surface area contributed by atoms with Crippen LogP contribution in [0.2, 0.25) is 0 Å². The summed E-state index contributed by atoms with van der Waals surface area (Å²) in [7, 11) is 1.40. The predicted octanol–water partition coefficient (Wildman–Crippen LogP) is 2.42. The van der Waals surface area contributed by atoms with Gasteiger partial charge in [-0.25, -0.2) is 4.39 Å². The summed E-state index contributed by atoms with van der Waals surface area (Å²) in [4.78, 5) is 11.1. The van der Waals surface area contributed by atoms with Crippen LogP contribution in [0.5, 0.6) is 5.75 Å². The Morgan fingerprint density at radius 1 is 1.47 bits per heavy atom. The van der Waals surface area contributed by atoms with E-state index in [1.54, 1.807) is 12.1 Å². The highest BCUT2D eigenvalue weighted by Gasteiger charge is 2.19. The number of carboxylic acid groups (broad SMARTS) is 1. The molecule has 1 aromatic carbocycles. The quantitative estimate of drug-likeness (QED) is 0.798. The molecule has 0 aliphatic rings. The Morgan fingerprint density at radius 2 is 2.16 bits per heavy atom. The highest BCUT2D eigenvalue weighted by molar-refractivity contribution is 5.73. The molecule has 0 aliphatic carbocycles. The maximum atomic E-state index is 13.9. The van der Waals surface area contributed by atoms with Crippen LogP contribution in [0.1, 0.15) is 25.8 Å². The van der Waals surface area contributed by atoms with Gasteiger partial charge in [0, 0.05) is 12.1 Å². The van der Waals surface area contributed by atoms with Gasteiger partial charge < -0.3 is 15.2 Å². The van der Waals surface area contributed by atoms with E-state index in [1.807, 2.05) is 13.8 Å². The molecule has 0 saturated carbocycles. The van der Waals surface area contributed by atoms with Crippen LogP contribution >= 0.6 is 0 Å². The molecule has 0 bridgehead atoms. The topological polar surface area (TPSA) is 58.6 Å². The Labute approximate surface area is 112 Å². The van der Waals surface area contributed by atoms with Crippen molar-refractivity contribution in [3.05, 3.63) is 29.6 Å². The fourth-order valence-corrected chi connectivity index (χ4v) is 1.83. The van der Waals surface area contributed by atoms with Gasteiger partial charge in [0.15, 0.2) is 11.6 Å². The smallest absolute Gasteiger partial charge is 0.320 e. The zero-order valence-electron chi connectivity index (χ0n) is 11.4. The number of methoxy groups -OCH3 is 1. The first-order chi connectivity index (χ1) is 8.95. The van der Waals surface area contributed by atoms with Gasteiger partial charge in [-0.15, -0.1) is 0 Å². The molecule has 1 rings (SSSR count). The van der Waals surface area contributed by atoms with Crippen molar-refractivity contribution >= 4 is 5.97 Å². The van der Waals surface area contributed by atoms with Crippen molar-refractivity contribution in [2.75, 3.05) is 7.11 Å². The van der Waals surface area contributed by atoms with Gasteiger partial charge in [-0.1, -0.05) is 26.0 Å². The standard InChI is InChI=1S/C14H20FNO3/c1-9(2)7-11(14(17)18)16-8-10-5-4-6-12(19-3)13(10)15/h4-6,9,11,16H,7-8H2,1-3H3,(H,17,18). The fourth-order valence-electron chi connectivity index (χ4n) is 1.83. The Hall–Kier alpha value is -1.62. The molecule has 5 heteroatoms. The van der Waals surface area contributed by atoms with Crippen LogP contribution < -0.4 is 10.1 Å². The van der Waals surface area contributed by atoms with Crippen molar-refractivity contribution in [1.82, 2.24) is 5.32 Å². The van der Waals surface area contributed by atoms with E-state index in [-0.39, 0.29) is 18.2 Å². The van der Waals surface area contributed by atoms with E-state index in [9.17, 15) is 9.18 Å². The van der Waals surface area contributed by atoms with Crippen LogP contribution in [-0.4, -0.2) is 24.2 Å². The Kier molecular flexibility index (Phi) is 5.76. The van der Waals surface area contributed by atoms with Gasteiger partial charge in [-0.2, -0.15) is 0 Å². The molecule has 0 radical (unpaired) electrons. The number of carbonyl (C=O) groups is 1. The summed E-state index contributed by atoms with van der Waals surface area (Å²) < 4.78 is 18.8. The van der Waals surface area contributed by atoms with E-state index in [0.717, 1.165) is 0 Å². The van der Waals surface area contributed by atoms with Gasteiger partial charge in [-0.3, -0.25) is 4.79 Å². The summed E-state index contributed by atoms with van der Waals surface area (Å²) in [5.74, 6) is -0.956. The molecule has 0 heterocycles. The normalized spacial score (nSPS) is 12.5. The Morgan fingerprint density at radius 3 is 2.68 bits per heavy atom. The summed E-state index contributed by atoms with van der Waals surface area (Å²) >= 11 is 0. The summed E-state index contributed by atoms with van der Waals surface area (Å²) in [5.41, 5.74) is 0.398. The molecule has 2 N–H and O–H groups in total. The SMILES string of the molecule is COc1cccc(CNC(CC(C)C)C(=O)O)c1F. The van der Waals surface area contributed by atoms with E-state index < -0.39 is 17.8 Å². The highest BCUT2D eigenvalue weighted by Crippen LogP contribution is 2.20. The molecule has 0 amide bonds. The number of aliphatic carboxylic acids is 1. The van der Waals surface area contributed by atoms with Crippen LogP contribution in [0.4, 0.5) is 4.39 Å². The molecule has 0 spiro atoms. The lowest BCUT2D eigenvalue weighted by Crippen LogP contribution is -2.37. The molecular weight excluding hydrogens is 249 g/mol. The van der Waals surface area contributed by atoms with Crippen LogP contribution in [-0.2, 0) is 11.3 Å². The molecule has 1 unspecified atom stereocenters. The second-order valence-corrected chi connectivity index (χ2v) is 4.83. The number of nitrogens with one attached hydrogen (secondary N) is 1. The van der Waals surface area contributed by atoms with E-state index in [2.05, 4.69) is 5.32 Å². The molecule has 0 saturated heterocycles. The van der Waals surface area contributed by atoms with Crippen molar-refractivity contribution in [2.45, 2.75) is 32.9 Å². The number of ether oxygens (including phenoxy) is 1. The molecule has 0 fully saturated rings. The fraction of sp³-hybridized carbons (Fsp3) is 0.500. The van der Waals surface area contributed by atoms with Gasteiger partial charge in [0.05, 0.1) is 7.11 Å². The Bertz CT molecular complexity index is 435. The first-order valence-electron chi connectivity index (χ1n) is 6.23. The number of benzene rings is 1. The molecule has 0 aromatic heterocycles. The molecule has 1 aromatic rings. The van der Waals surface area contributed by atoms with Crippen molar-refractivity contribution < 1.29 is 19.0 Å². The molecule has 4 nitrogen and oxygen atoms in total. The lowest BCUT2D eigenvalue weighted by Gasteiger charge is -2.17. The van der Waals surface area contributed by atoms with Gasteiger partial charge in [0.2, 0.25) is 0 Å². The minimum absolute atomic E-state index is 0.159. The van der Waals surface area contributed by atoms with Crippen LogP contribution in [0.15, 0.2) is 18.2 Å². The second kappa shape index (κ2) is 7.09. The van der Waals surface area contributed by atoms with Crippen molar-refractivity contribution in [3.8, 4) is 5.75 Å². The van der Waals surface area contributed by atoms with Gasteiger partial charge in [-0.05, 0) is 18.4 Å². The maximum absolute atomic E-state index is 13.9. The highest BCUT2D eigenvalue weighted by atomic mass is 19.1. The molecule has 106 valence electrons. The van der Waals surface area contributed by atoms with Gasteiger partial charge in [0.25, 0.3) is 0 Å².